The van der Waals surface area contributed by atoms with Crippen LogP contribution in [0.15, 0.2) is 0 Å². The molecule has 0 aliphatic carbocycles. The summed E-state index contributed by atoms with van der Waals surface area (Å²) >= 11 is 0. The number of hydrogen-bond donors (Lipinski definition) is 0. The minimum absolute atomic E-state index is 0.0917. The lowest BCUT2D eigenvalue weighted by Crippen LogP contribution is -2.14. The number of hydrogen-bond acceptors (Lipinski definition) is 8. The van der Waals surface area contributed by atoms with Crippen LogP contribution in [0, 0.1) is 0 Å². The van der Waals surface area contributed by atoms with Crippen LogP contribution in [0.4, 0.5) is 0 Å². The Labute approximate surface area is 158 Å². The van der Waals surface area contributed by atoms with Crippen molar-refractivity contribution < 1.29 is 38.0 Å². The molecular formula is C19H26O8. The number of benzene rings is 1. The van der Waals surface area contributed by atoms with Gasteiger partial charge in [-0.15, -0.1) is 0 Å². The maximum atomic E-state index is 12.8. The molecule has 0 bridgehead atoms. The molecule has 1 aromatic carbocycles. The number of carbonyl (C=O) groups excluding carboxylic acids is 2. The van der Waals surface area contributed by atoms with E-state index < -0.39 is 0 Å². The predicted octanol–water partition coefficient (Wildman–Crippen LogP) is 3.35. The van der Waals surface area contributed by atoms with E-state index in [0.29, 0.717) is 12.8 Å². The second-order valence-corrected chi connectivity index (χ2v) is 5.92. The standard InChI is InChI=1S/C19H26O8/c1-5-7-12(20)14-16(24-9-22-3)17(25-10-23-4)15(13(21)8-6-2)19-18(14)26-11-27-19/h5-11H2,1-4H3. The van der Waals surface area contributed by atoms with Crippen LogP contribution < -0.4 is 18.9 Å². The number of Topliss-reactive ketones (excluding diaryl/α,β-unsaturated/α-hetero) is 2. The third kappa shape index (κ3) is 4.51. The normalized spacial score (nSPS) is 12.1. The van der Waals surface area contributed by atoms with Gasteiger partial charge in [0.2, 0.25) is 6.79 Å². The molecule has 8 nitrogen and oxygen atoms in total. The number of fused-ring (bicyclic) bond motifs is 1. The summed E-state index contributed by atoms with van der Waals surface area (Å²) in [6.45, 7) is 3.44. The molecule has 150 valence electrons. The van der Waals surface area contributed by atoms with Gasteiger partial charge in [-0.05, 0) is 12.8 Å². The molecule has 0 saturated heterocycles. The van der Waals surface area contributed by atoms with Crippen LogP contribution in [0.5, 0.6) is 23.0 Å². The molecule has 27 heavy (non-hydrogen) atoms. The summed E-state index contributed by atoms with van der Waals surface area (Å²) in [5.41, 5.74) is 0.390. The molecule has 1 heterocycles. The number of rotatable bonds is 12. The lowest BCUT2D eigenvalue weighted by atomic mass is 9.96. The van der Waals surface area contributed by atoms with E-state index in [1.165, 1.54) is 14.2 Å². The summed E-state index contributed by atoms with van der Waals surface area (Å²) in [5, 5.41) is 0. The molecule has 1 aliphatic heterocycles. The van der Waals surface area contributed by atoms with E-state index in [-0.39, 0.29) is 78.9 Å². The van der Waals surface area contributed by atoms with Gasteiger partial charge in [0.15, 0.2) is 48.2 Å². The van der Waals surface area contributed by atoms with Crippen molar-refractivity contribution in [1.82, 2.24) is 0 Å². The van der Waals surface area contributed by atoms with Crippen LogP contribution in [0.2, 0.25) is 0 Å². The first-order valence-electron chi connectivity index (χ1n) is 8.89. The second kappa shape index (κ2) is 10.1. The van der Waals surface area contributed by atoms with Gasteiger partial charge < -0.3 is 28.4 Å². The van der Waals surface area contributed by atoms with Crippen molar-refractivity contribution in [2.75, 3.05) is 34.6 Å². The molecule has 1 aromatic rings. The smallest absolute Gasteiger partial charge is 0.231 e. The van der Waals surface area contributed by atoms with Crippen molar-refractivity contribution in [2.24, 2.45) is 0 Å². The van der Waals surface area contributed by atoms with Crippen molar-refractivity contribution in [2.45, 2.75) is 39.5 Å². The van der Waals surface area contributed by atoms with Crippen LogP contribution >= 0.6 is 0 Å². The first-order valence-corrected chi connectivity index (χ1v) is 8.89. The van der Waals surface area contributed by atoms with Crippen molar-refractivity contribution >= 4 is 11.6 Å². The number of methoxy groups -OCH3 is 2. The van der Waals surface area contributed by atoms with E-state index in [1.807, 2.05) is 13.8 Å². The number of ether oxygens (including phenoxy) is 6. The van der Waals surface area contributed by atoms with Crippen molar-refractivity contribution in [3.8, 4) is 23.0 Å². The Hall–Kier alpha value is -2.32. The van der Waals surface area contributed by atoms with Crippen LogP contribution in [0.3, 0.4) is 0 Å². The highest BCUT2D eigenvalue weighted by Crippen LogP contribution is 2.51. The average Bonchev–Trinajstić information content (AvgIpc) is 3.12. The molecular weight excluding hydrogens is 356 g/mol. The Morgan fingerprint density at radius 1 is 0.815 bits per heavy atom. The van der Waals surface area contributed by atoms with Gasteiger partial charge in [-0.1, -0.05) is 13.8 Å². The van der Waals surface area contributed by atoms with E-state index >= 15 is 0 Å². The topological polar surface area (TPSA) is 89.5 Å². The Bertz CT molecular complexity index is 626. The van der Waals surface area contributed by atoms with Gasteiger partial charge in [-0.3, -0.25) is 9.59 Å². The van der Waals surface area contributed by atoms with Gasteiger partial charge in [0, 0.05) is 27.1 Å². The summed E-state index contributed by atoms with van der Waals surface area (Å²) < 4.78 is 32.4. The number of carbonyl (C=O) groups is 2. The molecule has 2 rings (SSSR count). The Balaban J connectivity index is 2.74. The lowest BCUT2D eigenvalue weighted by Gasteiger charge is -2.20. The fraction of sp³-hybridized carbons (Fsp3) is 0.579. The van der Waals surface area contributed by atoms with E-state index in [4.69, 9.17) is 28.4 Å². The highest BCUT2D eigenvalue weighted by atomic mass is 16.7. The molecule has 0 N–H and O–H groups in total. The molecule has 1 aliphatic rings. The highest BCUT2D eigenvalue weighted by Gasteiger charge is 2.37. The Kier molecular flexibility index (Phi) is 7.87. The number of ketones is 2. The Morgan fingerprint density at radius 2 is 1.22 bits per heavy atom. The van der Waals surface area contributed by atoms with Gasteiger partial charge in [0.25, 0.3) is 0 Å². The van der Waals surface area contributed by atoms with Gasteiger partial charge in [-0.25, -0.2) is 0 Å². The molecule has 8 heteroatoms. The second-order valence-electron chi connectivity index (χ2n) is 5.92. The summed E-state index contributed by atoms with van der Waals surface area (Å²) in [6.07, 6.45) is 1.85. The zero-order chi connectivity index (χ0) is 19.8. The van der Waals surface area contributed by atoms with Crippen LogP contribution in [0.1, 0.15) is 60.2 Å². The molecule has 0 radical (unpaired) electrons. The van der Waals surface area contributed by atoms with E-state index in [0.717, 1.165) is 0 Å². The molecule has 0 saturated carbocycles. The van der Waals surface area contributed by atoms with Crippen LogP contribution in [0.25, 0.3) is 0 Å². The van der Waals surface area contributed by atoms with Crippen LogP contribution in [-0.2, 0) is 9.47 Å². The van der Waals surface area contributed by atoms with E-state index in [9.17, 15) is 9.59 Å². The summed E-state index contributed by atoms with van der Waals surface area (Å²) in [7, 11) is 2.92. The molecule has 0 fully saturated rings. The van der Waals surface area contributed by atoms with Crippen molar-refractivity contribution in [1.29, 1.82) is 0 Å². The first-order chi connectivity index (χ1) is 13.1. The third-order valence-electron chi connectivity index (χ3n) is 3.88. The molecule has 0 unspecified atom stereocenters. The summed E-state index contributed by atoms with van der Waals surface area (Å²) in [5.74, 6) is 0.254. The zero-order valence-electron chi connectivity index (χ0n) is 16.2. The van der Waals surface area contributed by atoms with Gasteiger partial charge in [-0.2, -0.15) is 0 Å². The monoisotopic (exact) mass is 382 g/mol. The third-order valence-corrected chi connectivity index (χ3v) is 3.88. The van der Waals surface area contributed by atoms with Crippen LogP contribution in [-0.4, -0.2) is 46.2 Å². The van der Waals surface area contributed by atoms with E-state index in [1.54, 1.807) is 0 Å². The predicted molar refractivity (Wildman–Crippen MR) is 96.1 cm³/mol. The van der Waals surface area contributed by atoms with Gasteiger partial charge in [0.05, 0.1) is 0 Å². The maximum absolute atomic E-state index is 12.8. The first kappa shape index (κ1) is 21.0. The largest absolute Gasteiger partial charge is 0.463 e. The van der Waals surface area contributed by atoms with Crippen molar-refractivity contribution in [3.05, 3.63) is 11.1 Å². The zero-order valence-corrected chi connectivity index (χ0v) is 16.2. The minimum Gasteiger partial charge on any atom is -0.463 e. The molecule has 0 aromatic heterocycles. The van der Waals surface area contributed by atoms with E-state index in [2.05, 4.69) is 0 Å². The Morgan fingerprint density at radius 3 is 1.56 bits per heavy atom. The molecule has 0 amide bonds. The average molecular weight is 382 g/mol. The maximum Gasteiger partial charge on any atom is 0.231 e. The summed E-state index contributed by atoms with van der Waals surface area (Å²) in [4.78, 5) is 25.6. The molecule has 0 atom stereocenters. The van der Waals surface area contributed by atoms with Gasteiger partial charge in [0.1, 0.15) is 11.1 Å². The minimum atomic E-state index is -0.192. The SMILES string of the molecule is CCCC(=O)c1c(OCOC)c(OCOC)c(C(=O)CCC)c2c1OCO2. The summed E-state index contributed by atoms with van der Waals surface area (Å²) in [6, 6.07) is 0. The lowest BCUT2D eigenvalue weighted by molar-refractivity contribution is 0.0308. The molecule has 0 spiro atoms. The fourth-order valence-corrected chi connectivity index (χ4v) is 2.80. The van der Waals surface area contributed by atoms with Gasteiger partial charge >= 0.3 is 0 Å². The quantitative estimate of drug-likeness (QED) is 0.402. The fourth-order valence-electron chi connectivity index (χ4n) is 2.80. The highest BCUT2D eigenvalue weighted by molar-refractivity contribution is 6.09. The van der Waals surface area contributed by atoms with Crippen molar-refractivity contribution in [3.63, 3.8) is 0 Å².